The number of nitrogens with one attached hydrogen (secondary N) is 1. The number of aliphatic hydroxyl groups is 1. The van der Waals surface area contributed by atoms with Gasteiger partial charge in [-0.1, -0.05) is 0 Å². The molecule has 1 saturated heterocycles. The van der Waals surface area contributed by atoms with Crippen LogP contribution in [0.4, 0.5) is 5.69 Å². The van der Waals surface area contributed by atoms with Crippen molar-refractivity contribution in [3.63, 3.8) is 0 Å². The van der Waals surface area contributed by atoms with Crippen LogP contribution in [0.3, 0.4) is 0 Å². The average molecular weight is 399 g/mol. The van der Waals surface area contributed by atoms with E-state index in [4.69, 9.17) is 0 Å². The predicted octanol–water partition coefficient (Wildman–Crippen LogP) is 2.09. The van der Waals surface area contributed by atoms with E-state index in [1.165, 1.54) is 0 Å². The van der Waals surface area contributed by atoms with Crippen LogP contribution >= 0.6 is 31.9 Å². The summed E-state index contributed by atoms with van der Waals surface area (Å²) < 4.78 is 24.6. The maximum Gasteiger partial charge on any atom is 0.155 e. The second-order valence-corrected chi connectivity index (χ2v) is 8.36. The molecule has 0 aliphatic carbocycles. The first-order valence-electron chi connectivity index (χ1n) is 5.39. The summed E-state index contributed by atoms with van der Waals surface area (Å²) in [4.78, 5) is 0. The molecular weight excluding hydrogens is 386 g/mol. The summed E-state index contributed by atoms with van der Waals surface area (Å²) in [6.45, 7) is 1.97. The Balaban J connectivity index is 2.26. The van der Waals surface area contributed by atoms with Crippen molar-refractivity contribution >= 4 is 47.4 Å². The zero-order chi connectivity index (χ0) is 13.5. The smallest absolute Gasteiger partial charge is 0.155 e. The van der Waals surface area contributed by atoms with Gasteiger partial charge in [-0.05, 0) is 56.5 Å². The minimum atomic E-state index is -3.14. The van der Waals surface area contributed by atoms with Gasteiger partial charge in [0.25, 0.3) is 0 Å². The molecule has 2 N–H and O–H groups in total. The van der Waals surface area contributed by atoms with Crippen LogP contribution in [0.1, 0.15) is 5.56 Å². The second kappa shape index (κ2) is 5.11. The third kappa shape index (κ3) is 3.07. The minimum Gasteiger partial charge on any atom is -0.390 e. The molecule has 1 fully saturated rings. The molecule has 0 spiro atoms. The van der Waals surface area contributed by atoms with Crippen molar-refractivity contribution < 1.29 is 13.5 Å². The molecule has 1 aliphatic heterocycles. The van der Waals surface area contributed by atoms with Crippen LogP contribution in [0.15, 0.2) is 21.1 Å². The fourth-order valence-corrected chi connectivity index (χ4v) is 5.38. The maximum absolute atomic E-state index is 11.4. The third-order valence-corrected chi connectivity index (χ3v) is 5.81. The van der Waals surface area contributed by atoms with Crippen molar-refractivity contribution in [1.82, 2.24) is 0 Å². The van der Waals surface area contributed by atoms with Gasteiger partial charge in [0.2, 0.25) is 0 Å². The minimum absolute atomic E-state index is 0.0408. The van der Waals surface area contributed by atoms with Crippen molar-refractivity contribution in [2.24, 2.45) is 0 Å². The molecule has 0 amide bonds. The number of hydrogen-bond acceptors (Lipinski definition) is 4. The van der Waals surface area contributed by atoms with Crippen LogP contribution in [-0.2, 0) is 9.84 Å². The summed E-state index contributed by atoms with van der Waals surface area (Å²) in [5.74, 6) is -0.216. The van der Waals surface area contributed by atoms with E-state index in [0.717, 1.165) is 20.2 Å². The van der Waals surface area contributed by atoms with Crippen molar-refractivity contribution in [1.29, 1.82) is 0 Å². The predicted molar refractivity (Wildman–Crippen MR) is 78.7 cm³/mol. The van der Waals surface area contributed by atoms with Gasteiger partial charge in [0.05, 0.1) is 29.3 Å². The molecular formula is C11H13Br2NO3S. The molecule has 1 aliphatic rings. The van der Waals surface area contributed by atoms with Crippen LogP contribution in [0, 0.1) is 6.92 Å². The molecule has 4 nitrogen and oxygen atoms in total. The lowest BCUT2D eigenvalue weighted by Gasteiger charge is -2.19. The first kappa shape index (κ1) is 14.3. The number of sulfone groups is 1. The summed E-state index contributed by atoms with van der Waals surface area (Å²) >= 11 is 6.86. The van der Waals surface area contributed by atoms with E-state index in [2.05, 4.69) is 37.2 Å². The Hall–Kier alpha value is -0.110. The average Bonchev–Trinajstić information content (AvgIpc) is 2.45. The van der Waals surface area contributed by atoms with Gasteiger partial charge in [0.15, 0.2) is 9.84 Å². The molecule has 2 unspecified atom stereocenters. The van der Waals surface area contributed by atoms with Crippen LogP contribution in [0.2, 0.25) is 0 Å². The highest BCUT2D eigenvalue weighted by Crippen LogP contribution is 2.33. The molecule has 0 bridgehead atoms. The number of anilines is 1. The van der Waals surface area contributed by atoms with Gasteiger partial charge in [0.1, 0.15) is 0 Å². The zero-order valence-electron chi connectivity index (χ0n) is 9.65. The highest BCUT2D eigenvalue weighted by Gasteiger charge is 2.36. The Kier molecular flexibility index (Phi) is 4.06. The summed E-state index contributed by atoms with van der Waals surface area (Å²) in [6, 6.07) is 3.40. The quantitative estimate of drug-likeness (QED) is 0.800. The topological polar surface area (TPSA) is 66.4 Å². The Morgan fingerprint density at radius 2 is 1.83 bits per heavy atom. The van der Waals surface area contributed by atoms with E-state index < -0.39 is 22.0 Å². The van der Waals surface area contributed by atoms with Crippen molar-refractivity contribution in [2.75, 3.05) is 16.8 Å². The van der Waals surface area contributed by atoms with Crippen molar-refractivity contribution in [3.8, 4) is 0 Å². The Morgan fingerprint density at radius 3 is 2.28 bits per heavy atom. The van der Waals surface area contributed by atoms with Crippen molar-refractivity contribution in [3.05, 3.63) is 26.6 Å². The summed E-state index contributed by atoms with van der Waals surface area (Å²) in [5.41, 5.74) is 1.85. The number of aryl methyl sites for hydroxylation is 1. The van der Waals surface area contributed by atoms with Crippen molar-refractivity contribution in [2.45, 2.75) is 19.1 Å². The number of aliphatic hydroxyl groups excluding tert-OH is 1. The zero-order valence-corrected chi connectivity index (χ0v) is 13.6. The molecule has 1 heterocycles. The van der Waals surface area contributed by atoms with Crippen LogP contribution in [0.25, 0.3) is 0 Å². The summed E-state index contributed by atoms with van der Waals surface area (Å²) in [6.07, 6.45) is -0.866. The molecule has 1 aromatic rings. The molecule has 7 heteroatoms. The van der Waals surface area contributed by atoms with Gasteiger partial charge in [-0.3, -0.25) is 0 Å². The summed E-state index contributed by atoms with van der Waals surface area (Å²) in [7, 11) is -3.14. The Labute approximate surface area is 123 Å². The molecule has 2 atom stereocenters. The highest BCUT2D eigenvalue weighted by atomic mass is 79.9. The molecule has 0 aromatic heterocycles. The SMILES string of the molecule is Cc1cc(Br)c(NC2CS(=O)(=O)CC2O)c(Br)c1. The molecule has 0 saturated carbocycles. The standard InChI is InChI=1S/C11H13Br2NO3S/c1-6-2-7(12)11(8(13)3-6)14-9-4-18(16,17)5-10(9)15/h2-3,9-10,14-15H,4-5H2,1H3. The molecule has 0 radical (unpaired) electrons. The molecule has 2 rings (SSSR count). The second-order valence-electron chi connectivity index (χ2n) is 4.50. The Bertz CT molecular complexity index is 551. The number of rotatable bonds is 2. The lowest BCUT2D eigenvalue weighted by atomic mass is 10.2. The molecule has 100 valence electrons. The lowest BCUT2D eigenvalue weighted by molar-refractivity contribution is 0.190. The Morgan fingerprint density at radius 1 is 1.28 bits per heavy atom. The maximum atomic E-state index is 11.4. The molecule has 1 aromatic carbocycles. The van der Waals surface area contributed by atoms with Gasteiger partial charge in [-0.15, -0.1) is 0 Å². The normalized spacial score (nSPS) is 26.2. The third-order valence-electron chi connectivity index (χ3n) is 2.84. The van der Waals surface area contributed by atoms with Gasteiger partial charge in [-0.25, -0.2) is 8.42 Å². The first-order valence-corrected chi connectivity index (χ1v) is 8.80. The van der Waals surface area contributed by atoms with E-state index >= 15 is 0 Å². The fraction of sp³-hybridized carbons (Fsp3) is 0.455. The number of halogens is 2. The fourth-order valence-electron chi connectivity index (χ4n) is 1.99. The lowest BCUT2D eigenvalue weighted by Crippen LogP contribution is -2.32. The van der Waals surface area contributed by atoms with Crippen LogP contribution < -0.4 is 5.32 Å². The van der Waals surface area contributed by atoms with Gasteiger partial charge in [0, 0.05) is 8.95 Å². The monoisotopic (exact) mass is 397 g/mol. The van der Waals surface area contributed by atoms with Gasteiger partial charge in [-0.2, -0.15) is 0 Å². The van der Waals surface area contributed by atoms with Crippen LogP contribution in [-0.4, -0.2) is 37.2 Å². The van der Waals surface area contributed by atoms with E-state index in [1.807, 2.05) is 19.1 Å². The first-order chi connectivity index (χ1) is 8.28. The van der Waals surface area contributed by atoms with E-state index in [1.54, 1.807) is 0 Å². The van der Waals surface area contributed by atoms with Crippen LogP contribution in [0.5, 0.6) is 0 Å². The summed E-state index contributed by atoms with van der Waals surface area (Å²) in [5, 5.41) is 12.8. The number of benzene rings is 1. The van der Waals surface area contributed by atoms with Gasteiger partial charge >= 0.3 is 0 Å². The number of hydrogen-bond donors (Lipinski definition) is 2. The largest absolute Gasteiger partial charge is 0.390 e. The van der Waals surface area contributed by atoms with Gasteiger partial charge < -0.3 is 10.4 Å². The van der Waals surface area contributed by atoms with E-state index in [0.29, 0.717) is 0 Å². The molecule has 18 heavy (non-hydrogen) atoms. The van der Waals surface area contributed by atoms with E-state index in [9.17, 15) is 13.5 Å². The highest BCUT2D eigenvalue weighted by molar-refractivity contribution is 9.11. The van der Waals surface area contributed by atoms with E-state index in [-0.39, 0.29) is 11.5 Å².